The first-order valence-electron chi connectivity index (χ1n) is 3.95. The van der Waals surface area contributed by atoms with E-state index < -0.39 is 0 Å². The van der Waals surface area contributed by atoms with Gasteiger partial charge in [0.15, 0.2) is 0 Å². The van der Waals surface area contributed by atoms with Gasteiger partial charge in [0.1, 0.15) is 0 Å². The molecule has 0 aromatic rings. The highest BCUT2D eigenvalue weighted by Gasteiger charge is 2.31. The molecule has 0 aliphatic carbocycles. The Bertz CT molecular complexity index is 128. The number of alkyl halides is 1. The lowest BCUT2D eigenvalue weighted by Gasteiger charge is -2.21. The van der Waals surface area contributed by atoms with Gasteiger partial charge in [0.05, 0.1) is 4.32 Å². The SMILES string of the molecule is CCCC(Br)(CCC)C(=O)Br. The molecule has 3 heteroatoms. The number of carbonyl (C=O) groups is 1. The molecule has 0 aromatic heterocycles. The predicted octanol–water partition coefficient (Wildman–Crippen LogP) is 3.64. The molecular formula is C8H14Br2O. The minimum absolute atomic E-state index is 0.0775. The van der Waals surface area contributed by atoms with Crippen molar-refractivity contribution in [1.82, 2.24) is 0 Å². The van der Waals surface area contributed by atoms with E-state index in [-0.39, 0.29) is 9.02 Å². The summed E-state index contributed by atoms with van der Waals surface area (Å²) in [6.07, 6.45) is 3.88. The maximum Gasteiger partial charge on any atom is 0.214 e. The highest BCUT2D eigenvalue weighted by atomic mass is 79.9. The molecule has 0 aliphatic heterocycles. The van der Waals surface area contributed by atoms with E-state index in [9.17, 15) is 4.79 Å². The van der Waals surface area contributed by atoms with Gasteiger partial charge in [-0.15, -0.1) is 0 Å². The van der Waals surface area contributed by atoms with Crippen LogP contribution < -0.4 is 0 Å². The van der Waals surface area contributed by atoms with Crippen molar-refractivity contribution >= 4 is 36.6 Å². The van der Waals surface area contributed by atoms with Crippen molar-refractivity contribution in [2.45, 2.75) is 43.9 Å². The standard InChI is InChI=1S/C8H14Br2O/c1-3-5-8(10,6-4-2)7(9)11/h3-6H2,1-2H3. The van der Waals surface area contributed by atoms with Crippen molar-refractivity contribution in [1.29, 1.82) is 0 Å². The molecule has 0 aliphatic rings. The summed E-state index contributed by atoms with van der Waals surface area (Å²) in [6.45, 7) is 4.17. The van der Waals surface area contributed by atoms with E-state index in [4.69, 9.17) is 0 Å². The van der Waals surface area contributed by atoms with Gasteiger partial charge in [-0.25, -0.2) is 0 Å². The van der Waals surface area contributed by atoms with E-state index in [1.165, 1.54) is 0 Å². The van der Waals surface area contributed by atoms with E-state index in [1.54, 1.807) is 0 Å². The monoisotopic (exact) mass is 284 g/mol. The molecule has 0 unspecified atom stereocenters. The van der Waals surface area contributed by atoms with Crippen LogP contribution in [-0.2, 0) is 4.79 Å². The summed E-state index contributed by atoms with van der Waals surface area (Å²) in [6, 6.07) is 0. The molecule has 0 rings (SSSR count). The summed E-state index contributed by atoms with van der Waals surface area (Å²) < 4.78 is -0.232. The van der Waals surface area contributed by atoms with Crippen LogP contribution in [0.3, 0.4) is 0 Å². The third-order valence-corrected chi connectivity index (χ3v) is 4.09. The van der Waals surface area contributed by atoms with Gasteiger partial charge in [-0.2, -0.15) is 0 Å². The fraction of sp³-hybridized carbons (Fsp3) is 0.875. The van der Waals surface area contributed by atoms with Crippen LogP contribution in [0.25, 0.3) is 0 Å². The van der Waals surface area contributed by atoms with Crippen molar-refractivity contribution in [3.05, 3.63) is 0 Å². The van der Waals surface area contributed by atoms with E-state index in [0.29, 0.717) is 0 Å². The van der Waals surface area contributed by atoms with Gasteiger partial charge < -0.3 is 0 Å². The number of halogens is 2. The van der Waals surface area contributed by atoms with Crippen LogP contribution in [0.2, 0.25) is 0 Å². The number of carbonyl (C=O) groups excluding carboxylic acids is 1. The Morgan fingerprint density at radius 2 is 1.64 bits per heavy atom. The Morgan fingerprint density at radius 3 is 1.82 bits per heavy atom. The van der Waals surface area contributed by atoms with Crippen LogP contribution >= 0.6 is 31.9 Å². The molecule has 0 radical (unpaired) electrons. The van der Waals surface area contributed by atoms with E-state index in [2.05, 4.69) is 45.7 Å². The molecule has 0 fully saturated rings. The fourth-order valence-corrected chi connectivity index (χ4v) is 2.30. The van der Waals surface area contributed by atoms with Crippen LogP contribution in [0.15, 0.2) is 0 Å². The third kappa shape index (κ3) is 3.70. The first-order chi connectivity index (χ1) is 5.06. The first-order valence-corrected chi connectivity index (χ1v) is 5.54. The molecule has 0 amide bonds. The summed E-state index contributed by atoms with van der Waals surface area (Å²) in [5.41, 5.74) is 0. The van der Waals surface area contributed by atoms with E-state index >= 15 is 0 Å². The summed E-state index contributed by atoms with van der Waals surface area (Å²) in [4.78, 5) is 11.1. The van der Waals surface area contributed by atoms with Crippen LogP contribution in [0.4, 0.5) is 0 Å². The number of hydrogen-bond acceptors (Lipinski definition) is 1. The van der Waals surface area contributed by atoms with Crippen molar-refractivity contribution in [2.75, 3.05) is 0 Å². The van der Waals surface area contributed by atoms with Crippen molar-refractivity contribution in [2.24, 2.45) is 0 Å². The molecule has 0 N–H and O–H groups in total. The van der Waals surface area contributed by atoms with Crippen molar-refractivity contribution < 1.29 is 4.79 Å². The lowest BCUT2D eigenvalue weighted by Crippen LogP contribution is -2.27. The Kier molecular flexibility index (Phi) is 5.61. The minimum Gasteiger partial charge on any atom is -0.285 e. The second-order valence-corrected chi connectivity index (χ2v) is 4.98. The summed E-state index contributed by atoms with van der Waals surface area (Å²) >= 11 is 6.49. The van der Waals surface area contributed by atoms with Gasteiger partial charge in [-0.1, -0.05) is 42.6 Å². The molecule has 66 valence electrons. The van der Waals surface area contributed by atoms with Gasteiger partial charge in [-0.3, -0.25) is 4.79 Å². The van der Waals surface area contributed by atoms with Gasteiger partial charge in [-0.05, 0) is 28.8 Å². The average molecular weight is 286 g/mol. The first kappa shape index (κ1) is 11.6. The zero-order chi connectivity index (χ0) is 8.91. The maximum atomic E-state index is 11.1. The number of rotatable bonds is 5. The van der Waals surface area contributed by atoms with Crippen LogP contribution in [0.5, 0.6) is 0 Å². The molecule has 0 atom stereocenters. The summed E-state index contributed by atoms with van der Waals surface area (Å²) in [5.74, 6) is 0. The predicted molar refractivity (Wildman–Crippen MR) is 55.4 cm³/mol. The van der Waals surface area contributed by atoms with Gasteiger partial charge in [0.2, 0.25) is 4.69 Å². The number of hydrogen-bond donors (Lipinski definition) is 0. The molecule has 0 bridgehead atoms. The Hall–Kier alpha value is 0.630. The van der Waals surface area contributed by atoms with Crippen molar-refractivity contribution in [3.8, 4) is 0 Å². The second-order valence-electron chi connectivity index (χ2n) is 2.74. The topological polar surface area (TPSA) is 17.1 Å². The third-order valence-electron chi connectivity index (χ3n) is 1.64. The zero-order valence-electron chi connectivity index (χ0n) is 6.99. The maximum absolute atomic E-state index is 11.1. The average Bonchev–Trinajstić information content (AvgIpc) is 1.88. The van der Waals surface area contributed by atoms with Gasteiger partial charge in [0.25, 0.3) is 0 Å². The highest BCUT2D eigenvalue weighted by Crippen LogP contribution is 2.32. The Labute approximate surface area is 85.2 Å². The van der Waals surface area contributed by atoms with Crippen LogP contribution in [-0.4, -0.2) is 9.02 Å². The fourth-order valence-electron chi connectivity index (χ4n) is 1.11. The summed E-state index contributed by atoms with van der Waals surface area (Å²) in [5, 5.41) is 0. The van der Waals surface area contributed by atoms with Gasteiger partial charge in [0, 0.05) is 0 Å². The molecule has 1 nitrogen and oxygen atoms in total. The lowest BCUT2D eigenvalue weighted by molar-refractivity contribution is -0.112. The Balaban J connectivity index is 4.13. The molecule has 0 saturated heterocycles. The van der Waals surface area contributed by atoms with Crippen molar-refractivity contribution in [3.63, 3.8) is 0 Å². The van der Waals surface area contributed by atoms with E-state index in [0.717, 1.165) is 25.7 Å². The van der Waals surface area contributed by atoms with E-state index in [1.807, 2.05) is 0 Å². The minimum atomic E-state index is -0.309. The summed E-state index contributed by atoms with van der Waals surface area (Å²) in [7, 11) is 0. The smallest absolute Gasteiger partial charge is 0.214 e. The largest absolute Gasteiger partial charge is 0.285 e. The quantitative estimate of drug-likeness (QED) is 0.557. The highest BCUT2D eigenvalue weighted by molar-refractivity contribution is 9.20. The zero-order valence-corrected chi connectivity index (χ0v) is 10.2. The molecule has 11 heavy (non-hydrogen) atoms. The normalized spacial score (nSPS) is 11.6. The van der Waals surface area contributed by atoms with Crippen LogP contribution in [0.1, 0.15) is 39.5 Å². The Morgan fingerprint density at radius 1 is 1.27 bits per heavy atom. The molecular weight excluding hydrogens is 272 g/mol. The second kappa shape index (κ2) is 5.31. The molecule has 0 spiro atoms. The lowest BCUT2D eigenvalue weighted by atomic mass is 10.00. The molecule has 0 saturated carbocycles. The molecule has 0 heterocycles. The van der Waals surface area contributed by atoms with Crippen LogP contribution in [0, 0.1) is 0 Å². The molecule has 0 aromatic carbocycles. The van der Waals surface area contributed by atoms with Gasteiger partial charge >= 0.3 is 0 Å².